The van der Waals surface area contributed by atoms with Gasteiger partial charge in [-0.2, -0.15) is 0 Å². The second kappa shape index (κ2) is 6.87. The van der Waals surface area contributed by atoms with E-state index in [9.17, 15) is 5.11 Å². The van der Waals surface area contributed by atoms with Crippen molar-refractivity contribution in [1.29, 1.82) is 0 Å². The summed E-state index contributed by atoms with van der Waals surface area (Å²) in [5.41, 5.74) is 1.26. The Kier molecular flexibility index (Phi) is 5.16. The minimum atomic E-state index is 0.220. The number of rotatable bonds is 5. The molecule has 4 heteroatoms. The number of anilines is 1. The van der Waals surface area contributed by atoms with E-state index in [1.165, 1.54) is 5.69 Å². The van der Waals surface area contributed by atoms with E-state index in [1.807, 2.05) is 12.4 Å². The molecule has 4 nitrogen and oxygen atoms in total. The van der Waals surface area contributed by atoms with Crippen molar-refractivity contribution in [2.24, 2.45) is 5.92 Å². The molecule has 0 unspecified atom stereocenters. The van der Waals surface area contributed by atoms with Crippen molar-refractivity contribution in [2.75, 3.05) is 24.6 Å². The highest BCUT2D eigenvalue weighted by molar-refractivity contribution is 5.44. The lowest BCUT2D eigenvalue weighted by Crippen LogP contribution is -2.49. The molecule has 19 heavy (non-hydrogen) atoms. The maximum absolute atomic E-state index is 9.38. The molecule has 1 aliphatic rings. The van der Waals surface area contributed by atoms with Crippen molar-refractivity contribution in [2.45, 2.75) is 38.8 Å². The fourth-order valence-corrected chi connectivity index (χ4v) is 2.62. The van der Waals surface area contributed by atoms with Crippen LogP contribution in [0.2, 0.25) is 0 Å². The lowest BCUT2D eigenvalue weighted by atomic mass is 9.99. The predicted molar refractivity (Wildman–Crippen MR) is 78.3 cm³/mol. The number of aliphatic hydroxyl groups excluding tert-OH is 1. The van der Waals surface area contributed by atoms with Gasteiger partial charge in [-0.15, -0.1) is 0 Å². The van der Waals surface area contributed by atoms with Crippen LogP contribution in [-0.4, -0.2) is 41.9 Å². The Morgan fingerprint density at radius 2 is 1.95 bits per heavy atom. The summed E-state index contributed by atoms with van der Waals surface area (Å²) in [4.78, 5) is 6.46. The maximum Gasteiger partial charge on any atom is 0.0587 e. The molecule has 1 aromatic rings. The lowest BCUT2D eigenvalue weighted by Gasteiger charge is -2.36. The Hall–Kier alpha value is -1.13. The quantitative estimate of drug-likeness (QED) is 0.848. The van der Waals surface area contributed by atoms with E-state index >= 15 is 0 Å². The number of nitrogens with one attached hydrogen (secondary N) is 1. The van der Waals surface area contributed by atoms with Crippen molar-refractivity contribution in [1.82, 2.24) is 10.3 Å². The van der Waals surface area contributed by atoms with Crippen LogP contribution in [0.4, 0.5) is 5.69 Å². The molecule has 1 aliphatic heterocycles. The minimum absolute atomic E-state index is 0.220. The number of aliphatic hydroxyl groups is 1. The van der Waals surface area contributed by atoms with Gasteiger partial charge < -0.3 is 15.3 Å². The minimum Gasteiger partial charge on any atom is -0.395 e. The highest BCUT2D eigenvalue weighted by Crippen LogP contribution is 2.19. The topological polar surface area (TPSA) is 48.4 Å². The van der Waals surface area contributed by atoms with Gasteiger partial charge in [0, 0.05) is 43.3 Å². The average Bonchev–Trinajstić information content (AvgIpc) is 2.46. The Labute approximate surface area is 115 Å². The fourth-order valence-electron chi connectivity index (χ4n) is 2.62. The number of nitrogens with zero attached hydrogens (tertiary/aromatic N) is 2. The first-order valence-electron chi connectivity index (χ1n) is 7.22. The molecule has 0 amide bonds. The normalized spacial score (nSPS) is 18.8. The first-order valence-corrected chi connectivity index (χ1v) is 7.22. The van der Waals surface area contributed by atoms with E-state index in [-0.39, 0.29) is 12.6 Å². The van der Waals surface area contributed by atoms with Crippen LogP contribution < -0.4 is 10.2 Å². The summed E-state index contributed by atoms with van der Waals surface area (Å²) in [7, 11) is 0. The van der Waals surface area contributed by atoms with Gasteiger partial charge in [-0.1, -0.05) is 13.8 Å². The maximum atomic E-state index is 9.38. The highest BCUT2D eigenvalue weighted by atomic mass is 16.3. The van der Waals surface area contributed by atoms with E-state index < -0.39 is 0 Å². The summed E-state index contributed by atoms with van der Waals surface area (Å²) in [6.07, 6.45) is 5.96. The zero-order chi connectivity index (χ0) is 13.7. The van der Waals surface area contributed by atoms with Crippen LogP contribution in [0.1, 0.15) is 26.7 Å². The van der Waals surface area contributed by atoms with Gasteiger partial charge in [0.2, 0.25) is 0 Å². The van der Waals surface area contributed by atoms with Crippen molar-refractivity contribution in [3.63, 3.8) is 0 Å². The molecular formula is C15H25N3O. The van der Waals surface area contributed by atoms with Crippen molar-refractivity contribution in [3.8, 4) is 0 Å². The second-order valence-corrected chi connectivity index (χ2v) is 5.67. The molecule has 1 aromatic heterocycles. The van der Waals surface area contributed by atoms with Crippen molar-refractivity contribution < 1.29 is 5.11 Å². The summed E-state index contributed by atoms with van der Waals surface area (Å²) < 4.78 is 0. The summed E-state index contributed by atoms with van der Waals surface area (Å²) in [6.45, 7) is 6.66. The molecule has 0 bridgehead atoms. The molecule has 0 aromatic carbocycles. The molecule has 1 saturated heterocycles. The summed E-state index contributed by atoms with van der Waals surface area (Å²) >= 11 is 0. The highest BCUT2D eigenvalue weighted by Gasteiger charge is 2.22. The van der Waals surface area contributed by atoms with Crippen molar-refractivity contribution in [3.05, 3.63) is 24.5 Å². The third-order valence-corrected chi connectivity index (χ3v) is 3.97. The zero-order valence-corrected chi connectivity index (χ0v) is 11.9. The van der Waals surface area contributed by atoms with Gasteiger partial charge in [0.1, 0.15) is 0 Å². The van der Waals surface area contributed by atoms with E-state index in [0.29, 0.717) is 12.0 Å². The number of pyridine rings is 1. The van der Waals surface area contributed by atoms with Crippen LogP contribution in [0.5, 0.6) is 0 Å². The van der Waals surface area contributed by atoms with Crippen LogP contribution in [0.25, 0.3) is 0 Å². The first kappa shape index (κ1) is 14.3. The monoisotopic (exact) mass is 263 g/mol. The number of hydrogen-bond acceptors (Lipinski definition) is 4. The molecular weight excluding hydrogens is 238 g/mol. The van der Waals surface area contributed by atoms with E-state index in [1.54, 1.807) is 0 Å². The third-order valence-electron chi connectivity index (χ3n) is 3.97. The van der Waals surface area contributed by atoms with Gasteiger partial charge in [-0.3, -0.25) is 4.98 Å². The second-order valence-electron chi connectivity index (χ2n) is 5.67. The summed E-state index contributed by atoms with van der Waals surface area (Å²) in [5, 5.41) is 13.0. The predicted octanol–water partition coefficient (Wildman–Crippen LogP) is 1.66. The van der Waals surface area contributed by atoms with Gasteiger partial charge in [-0.25, -0.2) is 0 Å². The first-order chi connectivity index (χ1) is 9.20. The Morgan fingerprint density at radius 3 is 2.47 bits per heavy atom. The molecule has 0 aliphatic carbocycles. The van der Waals surface area contributed by atoms with Crippen LogP contribution in [-0.2, 0) is 0 Å². The molecule has 1 atom stereocenters. The van der Waals surface area contributed by atoms with E-state index in [4.69, 9.17) is 0 Å². The molecule has 2 N–H and O–H groups in total. The smallest absolute Gasteiger partial charge is 0.0587 e. The molecule has 1 fully saturated rings. The van der Waals surface area contributed by atoms with Crippen molar-refractivity contribution >= 4 is 5.69 Å². The zero-order valence-electron chi connectivity index (χ0n) is 11.9. The lowest BCUT2D eigenvalue weighted by molar-refractivity contribution is 0.192. The molecule has 2 heterocycles. The SMILES string of the molecule is CC(C)[C@@H](CO)NC1CCN(c2ccncc2)CC1. The van der Waals surface area contributed by atoms with Crippen LogP contribution >= 0.6 is 0 Å². The Bertz CT molecular complexity index is 361. The van der Waals surface area contributed by atoms with Crippen LogP contribution in [0, 0.1) is 5.92 Å². The van der Waals surface area contributed by atoms with Gasteiger partial charge >= 0.3 is 0 Å². The Balaban J connectivity index is 1.82. The molecule has 0 spiro atoms. The van der Waals surface area contributed by atoms with Crippen LogP contribution in [0.3, 0.4) is 0 Å². The average molecular weight is 263 g/mol. The van der Waals surface area contributed by atoms with Crippen LogP contribution in [0.15, 0.2) is 24.5 Å². The number of hydrogen-bond donors (Lipinski definition) is 2. The Morgan fingerprint density at radius 1 is 1.32 bits per heavy atom. The third kappa shape index (κ3) is 3.91. The molecule has 2 rings (SSSR count). The fraction of sp³-hybridized carbons (Fsp3) is 0.667. The standard InChI is InChI=1S/C15H25N3O/c1-12(2)15(11-19)17-13-5-9-18(10-6-13)14-3-7-16-8-4-14/h3-4,7-8,12-13,15,17,19H,5-6,9-11H2,1-2H3/t15-/m1/s1. The molecule has 106 valence electrons. The van der Waals surface area contributed by atoms with Gasteiger partial charge in [0.15, 0.2) is 0 Å². The summed E-state index contributed by atoms with van der Waals surface area (Å²) in [6, 6.07) is 4.88. The van der Waals surface area contributed by atoms with Gasteiger partial charge in [0.05, 0.1) is 6.61 Å². The summed E-state index contributed by atoms with van der Waals surface area (Å²) in [5.74, 6) is 0.475. The largest absolute Gasteiger partial charge is 0.395 e. The number of aromatic nitrogens is 1. The molecule has 0 saturated carbocycles. The number of piperidine rings is 1. The molecule has 0 radical (unpaired) electrons. The van der Waals surface area contributed by atoms with Gasteiger partial charge in [0.25, 0.3) is 0 Å². The van der Waals surface area contributed by atoms with E-state index in [2.05, 4.69) is 41.2 Å². The van der Waals surface area contributed by atoms with E-state index in [0.717, 1.165) is 25.9 Å². The van der Waals surface area contributed by atoms with Gasteiger partial charge in [-0.05, 0) is 30.9 Å².